The van der Waals surface area contributed by atoms with Crippen molar-refractivity contribution in [1.82, 2.24) is 4.90 Å². The van der Waals surface area contributed by atoms with Gasteiger partial charge in [0.2, 0.25) is 5.91 Å². The molecule has 1 fully saturated rings. The number of hydrogen-bond donors (Lipinski definition) is 0. The summed E-state index contributed by atoms with van der Waals surface area (Å²) in [7, 11) is 3.52. The Morgan fingerprint density at radius 1 is 1.24 bits per heavy atom. The molecular formula is C13H25NO3. The van der Waals surface area contributed by atoms with Crippen LogP contribution in [-0.2, 0) is 14.3 Å². The van der Waals surface area contributed by atoms with Gasteiger partial charge in [-0.25, -0.2) is 0 Å². The molecule has 0 bridgehead atoms. The van der Waals surface area contributed by atoms with Gasteiger partial charge < -0.3 is 14.4 Å². The van der Waals surface area contributed by atoms with Crippen LogP contribution in [0.5, 0.6) is 0 Å². The van der Waals surface area contributed by atoms with Crippen molar-refractivity contribution in [3.05, 3.63) is 0 Å². The van der Waals surface area contributed by atoms with E-state index in [-0.39, 0.29) is 12.5 Å². The minimum Gasteiger partial charge on any atom is -0.382 e. The third kappa shape index (κ3) is 5.04. The van der Waals surface area contributed by atoms with Crippen molar-refractivity contribution in [2.45, 2.75) is 38.6 Å². The van der Waals surface area contributed by atoms with Crippen LogP contribution in [0.3, 0.4) is 0 Å². The first kappa shape index (κ1) is 14.5. The molecular weight excluding hydrogens is 218 g/mol. The summed E-state index contributed by atoms with van der Waals surface area (Å²) in [5.74, 6) is 0.897. The molecule has 0 N–H and O–H groups in total. The zero-order valence-electron chi connectivity index (χ0n) is 11.3. The Labute approximate surface area is 104 Å². The second kappa shape index (κ2) is 7.67. The zero-order chi connectivity index (χ0) is 12.7. The fourth-order valence-corrected chi connectivity index (χ4v) is 2.24. The van der Waals surface area contributed by atoms with Crippen LogP contribution >= 0.6 is 0 Å². The Morgan fingerprint density at radius 2 is 1.88 bits per heavy atom. The topological polar surface area (TPSA) is 38.8 Å². The largest absolute Gasteiger partial charge is 0.382 e. The molecule has 0 aliphatic heterocycles. The van der Waals surface area contributed by atoms with Crippen LogP contribution in [0.1, 0.15) is 32.6 Å². The standard InChI is InChI=1S/C13H25NO3/c1-11-4-6-12(7-5-11)14(2)13(15)10-17-9-8-16-3/h11-12H,4-10H2,1-3H3. The third-order valence-corrected chi connectivity index (χ3v) is 3.58. The van der Waals surface area contributed by atoms with Gasteiger partial charge in [-0.1, -0.05) is 6.92 Å². The Bertz CT molecular complexity index is 225. The molecule has 4 heteroatoms. The lowest BCUT2D eigenvalue weighted by Crippen LogP contribution is -2.41. The van der Waals surface area contributed by atoms with Gasteiger partial charge in [0.05, 0.1) is 13.2 Å². The van der Waals surface area contributed by atoms with E-state index in [1.807, 2.05) is 11.9 Å². The highest BCUT2D eigenvalue weighted by molar-refractivity contribution is 5.77. The first-order chi connectivity index (χ1) is 8.15. The number of hydrogen-bond acceptors (Lipinski definition) is 3. The number of methoxy groups -OCH3 is 1. The summed E-state index contributed by atoms with van der Waals surface area (Å²) in [6.45, 7) is 3.48. The van der Waals surface area contributed by atoms with Gasteiger partial charge in [0.25, 0.3) is 0 Å². The monoisotopic (exact) mass is 243 g/mol. The normalized spacial score (nSPS) is 24.6. The van der Waals surface area contributed by atoms with Gasteiger partial charge in [0.1, 0.15) is 6.61 Å². The maximum Gasteiger partial charge on any atom is 0.248 e. The second-order valence-electron chi connectivity index (χ2n) is 4.96. The smallest absolute Gasteiger partial charge is 0.248 e. The van der Waals surface area contributed by atoms with Crippen LogP contribution in [0.25, 0.3) is 0 Å². The number of amides is 1. The summed E-state index contributed by atoms with van der Waals surface area (Å²) >= 11 is 0. The summed E-state index contributed by atoms with van der Waals surface area (Å²) in [5, 5.41) is 0. The highest BCUT2D eigenvalue weighted by atomic mass is 16.5. The van der Waals surface area contributed by atoms with E-state index in [1.165, 1.54) is 12.8 Å². The number of rotatable bonds is 6. The van der Waals surface area contributed by atoms with Crippen molar-refractivity contribution in [3.63, 3.8) is 0 Å². The van der Waals surface area contributed by atoms with E-state index in [0.29, 0.717) is 19.3 Å². The summed E-state index contributed by atoms with van der Waals surface area (Å²) in [5.41, 5.74) is 0. The van der Waals surface area contributed by atoms with E-state index in [2.05, 4.69) is 6.92 Å². The molecule has 17 heavy (non-hydrogen) atoms. The van der Waals surface area contributed by atoms with Crippen LogP contribution < -0.4 is 0 Å². The Hall–Kier alpha value is -0.610. The van der Waals surface area contributed by atoms with Gasteiger partial charge in [-0.3, -0.25) is 4.79 Å². The van der Waals surface area contributed by atoms with E-state index in [9.17, 15) is 4.79 Å². The molecule has 1 rings (SSSR count). The first-order valence-electron chi connectivity index (χ1n) is 6.47. The molecule has 0 spiro atoms. The van der Waals surface area contributed by atoms with E-state index < -0.39 is 0 Å². The minimum atomic E-state index is 0.0839. The fraction of sp³-hybridized carbons (Fsp3) is 0.923. The van der Waals surface area contributed by atoms with Gasteiger partial charge in [-0.05, 0) is 31.6 Å². The van der Waals surface area contributed by atoms with Crippen molar-refractivity contribution in [2.75, 3.05) is 34.0 Å². The fourth-order valence-electron chi connectivity index (χ4n) is 2.24. The van der Waals surface area contributed by atoms with Crippen molar-refractivity contribution in [3.8, 4) is 0 Å². The lowest BCUT2D eigenvalue weighted by Gasteiger charge is -2.33. The van der Waals surface area contributed by atoms with Gasteiger partial charge in [-0.2, -0.15) is 0 Å². The van der Waals surface area contributed by atoms with Crippen molar-refractivity contribution in [1.29, 1.82) is 0 Å². The number of carbonyl (C=O) groups excluding carboxylic acids is 1. The van der Waals surface area contributed by atoms with Crippen molar-refractivity contribution >= 4 is 5.91 Å². The molecule has 4 nitrogen and oxygen atoms in total. The minimum absolute atomic E-state index is 0.0839. The molecule has 0 heterocycles. The van der Waals surface area contributed by atoms with Crippen LogP contribution in [0, 0.1) is 5.92 Å². The Morgan fingerprint density at radius 3 is 2.47 bits per heavy atom. The zero-order valence-corrected chi connectivity index (χ0v) is 11.3. The summed E-state index contributed by atoms with van der Waals surface area (Å²) in [6.07, 6.45) is 4.71. The molecule has 1 aliphatic carbocycles. The number of nitrogens with zero attached hydrogens (tertiary/aromatic N) is 1. The van der Waals surface area contributed by atoms with E-state index in [4.69, 9.17) is 9.47 Å². The quantitative estimate of drug-likeness (QED) is 0.666. The average molecular weight is 243 g/mol. The molecule has 100 valence electrons. The molecule has 0 aromatic carbocycles. The summed E-state index contributed by atoms with van der Waals surface area (Å²) < 4.78 is 10.1. The molecule has 0 saturated heterocycles. The van der Waals surface area contributed by atoms with Gasteiger partial charge >= 0.3 is 0 Å². The molecule has 1 aliphatic rings. The third-order valence-electron chi connectivity index (χ3n) is 3.58. The predicted octanol–water partition coefficient (Wildman–Crippen LogP) is 1.69. The lowest BCUT2D eigenvalue weighted by molar-refractivity contribution is -0.138. The molecule has 0 radical (unpaired) electrons. The SMILES string of the molecule is COCCOCC(=O)N(C)C1CCC(C)CC1. The van der Waals surface area contributed by atoms with Gasteiger partial charge in [0.15, 0.2) is 0 Å². The predicted molar refractivity (Wildman–Crippen MR) is 66.9 cm³/mol. The van der Waals surface area contributed by atoms with E-state index in [1.54, 1.807) is 7.11 Å². The van der Waals surface area contributed by atoms with Gasteiger partial charge in [0, 0.05) is 20.2 Å². The number of likely N-dealkylation sites (N-methyl/N-ethyl adjacent to an activating group) is 1. The van der Waals surface area contributed by atoms with Crippen molar-refractivity contribution < 1.29 is 14.3 Å². The summed E-state index contributed by atoms with van der Waals surface area (Å²) in [6, 6.07) is 0.407. The van der Waals surface area contributed by atoms with E-state index in [0.717, 1.165) is 18.8 Å². The van der Waals surface area contributed by atoms with Crippen LogP contribution in [0.15, 0.2) is 0 Å². The highest BCUT2D eigenvalue weighted by Gasteiger charge is 2.24. The van der Waals surface area contributed by atoms with Crippen LogP contribution in [0.2, 0.25) is 0 Å². The highest BCUT2D eigenvalue weighted by Crippen LogP contribution is 2.26. The molecule has 0 aromatic rings. The maximum atomic E-state index is 11.8. The molecule has 1 amide bonds. The molecule has 0 atom stereocenters. The average Bonchev–Trinajstić information content (AvgIpc) is 2.34. The van der Waals surface area contributed by atoms with Crippen molar-refractivity contribution in [2.24, 2.45) is 5.92 Å². The van der Waals surface area contributed by atoms with Crippen LogP contribution in [0.4, 0.5) is 0 Å². The summed E-state index contributed by atoms with van der Waals surface area (Å²) in [4.78, 5) is 13.7. The molecule has 1 saturated carbocycles. The second-order valence-corrected chi connectivity index (χ2v) is 4.96. The van der Waals surface area contributed by atoms with E-state index >= 15 is 0 Å². The van der Waals surface area contributed by atoms with Crippen LogP contribution in [-0.4, -0.2) is 50.8 Å². The lowest BCUT2D eigenvalue weighted by atomic mass is 9.87. The Kier molecular flexibility index (Phi) is 6.52. The van der Waals surface area contributed by atoms with Gasteiger partial charge in [-0.15, -0.1) is 0 Å². The number of ether oxygens (including phenoxy) is 2. The first-order valence-corrected chi connectivity index (χ1v) is 6.47. The number of carbonyl (C=O) groups is 1. The maximum absolute atomic E-state index is 11.8. The molecule has 0 unspecified atom stereocenters. The Balaban J connectivity index is 2.21. The molecule has 0 aromatic heterocycles.